The molecule has 1 fully saturated rings. The molecule has 6 heteroatoms. The molecule has 3 rings (SSSR count). The van der Waals surface area contributed by atoms with E-state index in [0.717, 1.165) is 49.1 Å². The van der Waals surface area contributed by atoms with E-state index in [1.807, 2.05) is 44.5 Å². The summed E-state index contributed by atoms with van der Waals surface area (Å²) in [4.78, 5) is 31.2. The second-order valence-electron chi connectivity index (χ2n) is 8.82. The molecule has 28 heavy (non-hydrogen) atoms. The number of esters is 1. The second-order valence-corrected chi connectivity index (χ2v) is 8.82. The molecule has 1 aliphatic heterocycles. The molecule has 0 radical (unpaired) electrons. The summed E-state index contributed by atoms with van der Waals surface area (Å²) in [7, 11) is 0. The van der Waals surface area contributed by atoms with Crippen molar-refractivity contribution in [2.24, 2.45) is 5.92 Å². The number of nitrogens with zero attached hydrogens (tertiary/aromatic N) is 3. The van der Waals surface area contributed by atoms with Crippen LogP contribution in [0.4, 0.5) is 0 Å². The van der Waals surface area contributed by atoms with Gasteiger partial charge >= 0.3 is 5.97 Å². The number of hydrogen-bond donors (Lipinski definition) is 0. The molecule has 2 aromatic heterocycles. The van der Waals surface area contributed by atoms with E-state index in [9.17, 15) is 9.59 Å². The van der Waals surface area contributed by atoms with Crippen LogP contribution in [0.1, 0.15) is 45.6 Å². The molecule has 0 spiro atoms. The number of hydrogen-bond acceptors (Lipinski definition) is 5. The van der Waals surface area contributed by atoms with Gasteiger partial charge in [0, 0.05) is 31.8 Å². The molecule has 6 nitrogen and oxygen atoms in total. The van der Waals surface area contributed by atoms with E-state index in [1.165, 1.54) is 0 Å². The first-order chi connectivity index (χ1) is 13.2. The summed E-state index contributed by atoms with van der Waals surface area (Å²) < 4.78 is 7.26. The van der Waals surface area contributed by atoms with Crippen LogP contribution in [0.3, 0.4) is 0 Å². The van der Waals surface area contributed by atoms with Crippen molar-refractivity contribution in [3.63, 3.8) is 0 Å². The van der Waals surface area contributed by atoms with Crippen LogP contribution >= 0.6 is 0 Å². The van der Waals surface area contributed by atoms with Crippen LogP contribution in [0.25, 0.3) is 11.0 Å². The van der Waals surface area contributed by atoms with Crippen molar-refractivity contribution in [1.82, 2.24) is 14.5 Å². The zero-order valence-corrected chi connectivity index (χ0v) is 17.4. The first-order valence-corrected chi connectivity index (χ1v) is 10.1. The highest BCUT2D eigenvalue weighted by Gasteiger charge is 2.24. The maximum atomic E-state index is 12.4. The molecule has 0 saturated carbocycles. The van der Waals surface area contributed by atoms with Crippen molar-refractivity contribution in [1.29, 1.82) is 0 Å². The molecule has 0 aromatic carbocycles. The molecule has 0 unspecified atom stereocenters. The number of carbonyl (C=O) groups excluding carboxylic acids is 1. The average molecular weight is 386 g/mol. The Bertz CT molecular complexity index is 890. The predicted molar refractivity (Wildman–Crippen MR) is 110 cm³/mol. The molecule has 2 aromatic rings. The summed E-state index contributed by atoms with van der Waals surface area (Å²) in [6.45, 7) is 11.1. The molecule has 3 heterocycles. The number of aryl methyl sites for hydroxylation is 1. The van der Waals surface area contributed by atoms with Crippen molar-refractivity contribution in [3.05, 3.63) is 40.3 Å². The molecule has 1 saturated heterocycles. The Morgan fingerprint density at radius 3 is 2.61 bits per heavy atom. The quantitative estimate of drug-likeness (QED) is 0.740. The fourth-order valence-corrected chi connectivity index (χ4v) is 3.77. The van der Waals surface area contributed by atoms with Gasteiger partial charge in [0.25, 0.3) is 5.56 Å². The molecule has 1 aliphatic rings. The smallest absolute Gasteiger partial charge is 0.306 e. The molecule has 0 N–H and O–H groups in total. The summed E-state index contributed by atoms with van der Waals surface area (Å²) in [5, 5.41) is 0. The molecule has 152 valence electrons. The second kappa shape index (κ2) is 8.43. The molecular weight excluding hydrogens is 354 g/mol. The third-order valence-electron chi connectivity index (χ3n) is 5.20. The summed E-state index contributed by atoms with van der Waals surface area (Å²) in [5.41, 5.74) is 2.39. The van der Waals surface area contributed by atoms with Crippen LogP contribution in [0.15, 0.2) is 29.2 Å². The average Bonchev–Trinajstić information content (AvgIpc) is 2.60. The van der Waals surface area contributed by atoms with Gasteiger partial charge < -0.3 is 14.2 Å². The predicted octanol–water partition coefficient (Wildman–Crippen LogP) is 3.15. The maximum absolute atomic E-state index is 12.4. The number of piperidine rings is 1. The fraction of sp³-hybridized carbons (Fsp3) is 0.591. The van der Waals surface area contributed by atoms with E-state index in [4.69, 9.17) is 4.74 Å². The first kappa shape index (κ1) is 20.5. The van der Waals surface area contributed by atoms with Crippen molar-refractivity contribution >= 4 is 17.0 Å². The number of rotatable bonds is 5. The van der Waals surface area contributed by atoms with Crippen LogP contribution in [-0.4, -0.2) is 45.7 Å². The zero-order valence-electron chi connectivity index (χ0n) is 17.4. The van der Waals surface area contributed by atoms with Crippen molar-refractivity contribution in [3.8, 4) is 0 Å². The molecular formula is C22H31N3O3. The highest BCUT2D eigenvalue weighted by molar-refractivity contribution is 5.74. The van der Waals surface area contributed by atoms with E-state index in [1.54, 1.807) is 12.1 Å². The molecule has 0 atom stereocenters. The van der Waals surface area contributed by atoms with Gasteiger partial charge in [-0.3, -0.25) is 14.6 Å². The van der Waals surface area contributed by atoms with Crippen LogP contribution in [-0.2, 0) is 16.1 Å². The summed E-state index contributed by atoms with van der Waals surface area (Å²) in [6, 6.07) is 5.41. The Morgan fingerprint density at radius 1 is 1.21 bits per heavy atom. The Labute approximate surface area is 166 Å². The van der Waals surface area contributed by atoms with Gasteiger partial charge in [0.2, 0.25) is 0 Å². The van der Waals surface area contributed by atoms with Crippen LogP contribution < -0.4 is 5.56 Å². The largest absolute Gasteiger partial charge is 0.460 e. The number of pyridine rings is 2. The van der Waals surface area contributed by atoms with E-state index < -0.39 is 5.60 Å². The monoisotopic (exact) mass is 385 g/mol. The Hall–Kier alpha value is -2.21. The zero-order chi connectivity index (χ0) is 20.3. The lowest BCUT2D eigenvalue weighted by Gasteiger charge is -2.32. The van der Waals surface area contributed by atoms with Gasteiger partial charge in [-0.25, -0.2) is 0 Å². The van der Waals surface area contributed by atoms with Crippen molar-refractivity contribution in [2.45, 2.75) is 59.1 Å². The normalized spacial score (nSPS) is 16.4. The van der Waals surface area contributed by atoms with E-state index in [0.29, 0.717) is 18.9 Å². The SMILES string of the molecule is Cc1cnc2ccc(=O)n(CCN3CCC(CC(=O)OC(C)(C)C)CC3)c2c1. The minimum absolute atomic E-state index is 0.0136. The van der Waals surface area contributed by atoms with Crippen LogP contribution in [0.5, 0.6) is 0 Å². The van der Waals surface area contributed by atoms with Crippen molar-refractivity contribution in [2.75, 3.05) is 19.6 Å². The summed E-state index contributed by atoms with van der Waals surface area (Å²) in [6.07, 6.45) is 4.31. The first-order valence-electron chi connectivity index (χ1n) is 10.1. The van der Waals surface area contributed by atoms with Gasteiger partial charge in [-0.05, 0) is 77.2 Å². The van der Waals surface area contributed by atoms with Gasteiger partial charge in [0.15, 0.2) is 0 Å². The minimum Gasteiger partial charge on any atom is -0.460 e. The number of carbonyl (C=O) groups is 1. The lowest BCUT2D eigenvalue weighted by Crippen LogP contribution is -2.38. The highest BCUT2D eigenvalue weighted by Crippen LogP contribution is 2.22. The lowest BCUT2D eigenvalue weighted by atomic mass is 9.93. The highest BCUT2D eigenvalue weighted by atomic mass is 16.6. The van der Waals surface area contributed by atoms with E-state index >= 15 is 0 Å². The summed E-state index contributed by atoms with van der Waals surface area (Å²) in [5.74, 6) is 0.286. The van der Waals surface area contributed by atoms with E-state index in [-0.39, 0.29) is 11.5 Å². The van der Waals surface area contributed by atoms with Crippen LogP contribution in [0, 0.1) is 12.8 Å². The van der Waals surface area contributed by atoms with Crippen LogP contribution in [0.2, 0.25) is 0 Å². The lowest BCUT2D eigenvalue weighted by molar-refractivity contribution is -0.156. The molecule has 0 bridgehead atoms. The van der Waals surface area contributed by atoms with Crippen molar-refractivity contribution < 1.29 is 9.53 Å². The number of fused-ring (bicyclic) bond motifs is 1. The topological polar surface area (TPSA) is 64.4 Å². The Kier molecular flexibility index (Phi) is 6.18. The Morgan fingerprint density at radius 2 is 1.93 bits per heavy atom. The standard InChI is InChI=1S/C22H31N3O3/c1-16-13-19-18(23-15-16)5-6-20(26)25(19)12-11-24-9-7-17(8-10-24)14-21(27)28-22(2,3)4/h5-6,13,15,17H,7-12,14H2,1-4H3. The van der Waals surface area contributed by atoms with Gasteiger partial charge in [-0.15, -0.1) is 0 Å². The minimum atomic E-state index is -0.420. The van der Waals surface area contributed by atoms with Gasteiger partial charge in [0.05, 0.1) is 11.0 Å². The number of ether oxygens (including phenoxy) is 1. The van der Waals surface area contributed by atoms with Gasteiger partial charge in [0.1, 0.15) is 5.60 Å². The summed E-state index contributed by atoms with van der Waals surface area (Å²) >= 11 is 0. The number of likely N-dealkylation sites (tertiary alicyclic amines) is 1. The van der Waals surface area contributed by atoms with E-state index in [2.05, 4.69) is 9.88 Å². The number of aromatic nitrogens is 2. The van der Waals surface area contributed by atoms with Gasteiger partial charge in [-0.2, -0.15) is 0 Å². The maximum Gasteiger partial charge on any atom is 0.306 e. The molecule has 0 aliphatic carbocycles. The van der Waals surface area contributed by atoms with Gasteiger partial charge in [-0.1, -0.05) is 0 Å². The third kappa shape index (κ3) is 5.41. The Balaban J connectivity index is 1.54. The fourth-order valence-electron chi connectivity index (χ4n) is 3.77. The third-order valence-corrected chi connectivity index (χ3v) is 5.20. The molecule has 0 amide bonds.